The third-order valence-corrected chi connectivity index (χ3v) is 17.2. The number of aliphatic hydroxyl groups excluding tert-OH is 1. The monoisotopic (exact) mass is 873 g/mol. The van der Waals surface area contributed by atoms with Crippen LogP contribution in [0.25, 0.3) is 0 Å². The first-order valence-corrected chi connectivity index (χ1v) is 25.0. The van der Waals surface area contributed by atoms with E-state index >= 15 is 0 Å². The molecule has 6 aliphatic carbocycles. The van der Waals surface area contributed by atoms with E-state index in [0.717, 1.165) is 64.3 Å². The molecule has 62 heavy (non-hydrogen) atoms. The number of methoxy groups -OCH3 is 1. The summed E-state index contributed by atoms with van der Waals surface area (Å²) in [5, 5.41) is 22.5. The van der Waals surface area contributed by atoms with Crippen LogP contribution >= 0.6 is 0 Å². The van der Waals surface area contributed by atoms with Crippen molar-refractivity contribution >= 4 is 17.9 Å². The molecule has 0 radical (unpaired) electrons. The standard InChI is InChI=1S/C49H88N6O7/c1-11-20-50-48(59)61-31(3)43-42(29-56)62-55(44(43)47(58)52-41-26-36-25-40(30(41)2)49(36,4)5)27-33-18-15-19-39(45(33)60-10)34-22-35(24-38(23-34)54(8)9)46(57)51-37(28-53(6)7)21-32-16-13-12-14-17-32/h30-45,56H,11-29H2,1-10H3,(H,50,59)(H,51,57)(H,52,58)/t30-,31-,33?,34?,35?,36+,37-,38?,39?,40-,41-,42-,43-,44-,45?/m0/s1. The quantitative estimate of drug-likeness (QED) is 0.128. The number of hydroxylamine groups is 2. The maximum atomic E-state index is 14.8. The molecule has 15 atom stereocenters. The Morgan fingerprint density at radius 2 is 1.69 bits per heavy atom. The first-order valence-electron chi connectivity index (χ1n) is 25.0. The van der Waals surface area contributed by atoms with E-state index in [1.54, 1.807) is 0 Å². The van der Waals surface area contributed by atoms with Gasteiger partial charge in [-0.15, -0.1) is 0 Å². The molecule has 6 saturated carbocycles. The second-order valence-electron chi connectivity index (χ2n) is 22.1. The zero-order valence-electron chi connectivity index (χ0n) is 40.4. The van der Waals surface area contributed by atoms with Crippen LogP contribution in [0.4, 0.5) is 4.79 Å². The maximum absolute atomic E-state index is 14.8. The molecule has 4 N–H and O–H groups in total. The number of alkyl carbamates (subject to hydrolysis) is 1. The van der Waals surface area contributed by atoms with Gasteiger partial charge in [0, 0.05) is 56.7 Å². The number of rotatable bonds is 18. The number of nitrogens with zero attached hydrogens (tertiary/aromatic N) is 3. The number of amides is 3. The Morgan fingerprint density at radius 3 is 2.32 bits per heavy atom. The minimum Gasteiger partial charge on any atom is -0.446 e. The predicted molar refractivity (Wildman–Crippen MR) is 243 cm³/mol. The Balaban J connectivity index is 1.19. The molecular weight excluding hydrogens is 785 g/mol. The molecule has 7 aliphatic rings. The molecule has 7 fully saturated rings. The largest absolute Gasteiger partial charge is 0.446 e. The molecule has 1 saturated heterocycles. The van der Waals surface area contributed by atoms with Crippen molar-refractivity contribution in [3.63, 3.8) is 0 Å². The van der Waals surface area contributed by atoms with Crippen molar-refractivity contribution in [3.05, 3.63) is 0 Å². The summed E-state index contributed by atoms with van der Waals surface area (Å²) in [4.78, 5) is 53.2. The fraction of sp³-hybridized carbons (Fsp3) is 0.939. The van der Waals surface area contributed by atoms with Gasteiger partial charge in [-0.3, -0.25) is 14.4 Å². The second kappa shape index (κ2) is 22.0. The van der Waals surface area contributed by atoms with Crippen LogP contribution in [0.5, 0.6) is 0 Å². The van der Waals surface area contributed by atoms with Crippen molar-refractivity contribution in [2.45, 2.75) is 173 Å². The molecule has 13 heteroatoms. The molecular formula is C49H88N6O7. The minimum atomic E-state index is -0.762. The van der Waals surface area contributed by atoms with E-state index in [1.807, 2.05) is 26.0 Å². The number of carbonyl (C=O) groups is 3. The van der Waals surface area contributed by atoms with Crippen LogP contribution in [0.3, 0.4) is 0 Å². The molecule has 0 spiro atoms. The van der Waals surface area contributed by atoms with Crippen LogP contribution < -0.4 is 16.0 Å². The van der Waals surface area contributed by atoms with Gasteiger partial charge in [0.1, 0.15) is 18.2 Å². The van der Waals surface area contributed by atoms with Crippen LogP contribution in [0.15, 0.2) is 0 Å². The number of ether oxygens (including phenoxy) is 2. The lowest BCUT2D eigenvalue weighted by Gasteiger charge is -2.62. The number of carbonyl (C=O) groups excluding carboxylic acids is 3. The Hall–Kier alpha value is -2.03. The van der Waals surface area contributed by atoms with E-state index in [9.17, 15) is 19.5 Å². The highest BCUT2D eigenvalue weighted by atomic mass is 16.7. The summed E-state index contributed by atoms with van der Waals surface area (Å²) < 4.78 is 12.4. The molecule has 1 heterocycles. The molecule has 7 rings (SSSR count). The minimum absolute atomic E-state index is 0.0522. The fourth-order valence-corrected chi connectivity index (χ4v) is 13.7. The van der Waals surface area contributed by atoms with Crippen molar-refractivity contribution < 1.29 is 33.8 Å². The van der Waals surface area contributed by atoms with E-state index in [0.29, 0.717) is 48.7 Å². The maximum Gasteiger partial charge on any atom is 0.407 e. The van der Waals surface area contributed by atoms with Gasteiger partial charge in [0.25, 0.3) is 0 Å². The molecule has 2 bridgehead atoms. The van der Waals surface area contributed by atoms with E-state index in [1.165, 1.54) is 38.5 Å². The van der Waals surface area contributed by atoms with Gasteiger partial charge in [-0.05, 0) is 134 Å². The Morgan fingerprint density at radius 1 is 0.952 bits per heavy atom. The van der Waals surface area contributed by atoms with Gasteiger partial charge in [-0.25, -0.2) is 4.79 Å². The summed E-state index contributed by atoms with van der Waals surface area (Å²) in [6, 6.07) is -0.262. The number of hydrogen-bond acceptors (Lipinski definition) is 10. The lowest BCUT2D eigenvalue weighted by Crippen LogP contribution is -2.62. The average Bonchev–Trinajstić information content (AvgIpc) is 3.61. The van der Waals surface area contributed by atoms with E-state index in [-0.39, 0.29) is 59.8 Å². The highest BCUT2D eigenvalue weighted by molar-refractivity contribution is 5.83. The Bertz CT molecular complexity index is 1460. The zero-order chi connectivity index (χ0) is 44.9. The summed E-state index contributed by atoms with van der Waals surface area (Å²) in [5.74, 6) is 2.23. The summed E-state index contributed by atoms with van der Waals surface area (Å²) in [7, 11) is 10.3. The summed E-state index contributed by atoms with van der Waals surface area (Å²) in [5.41, 5.74) is 0.284. The first-order chi connectivity index (χ1) is 29.6. The van der Waals surface area contributed by atoms with E-state index in [2.05, 4.69) is 74.7 Å². The Kier molecular flexibility index (Phi) is 17.5. The van der Waals surface area contributed by atoms with Crippen LogP contribution in [-0.4, -0.2) is 142 Å². The van der Waals surface area contributed by atoms with Crippen molar-refractivity contribution in [2.75, 3.05) is 61.5 Å². The van der Waals surface area contributed by atoms with Gasteiger partial charge in [0.15, 0.2) is 0 Å². The van der Waals surface area contributed by atoms with Crippen molar-refractivity contribution in [2.24, 2.45) is 58.7 Å². The lowest BCUT2D eigenvalue weighted by atomic mass is 9.45. The van der Waals surface area contributed by atoms with Gasteiger partial charge in [0.2, 0.25) is 11.8 Å². The molecule has 0 aromatic carbocycles. The molecule has 3 amide bonds. The second-order valence-corrected chi connectivity index (χ2v) is 22.1. The van der Waals surface area contributed by atoms with Gasteiger partial charge in [-0.1, -0.05) is 66.2 Å². The number of aliphatic hydroxyl groups is 1. The fourth-order valence-electron chi connectivity index (χ4n) is 13.7. The lowest BCUT2D eigenvalue weighted by molar-refractivity contribution is -0.193. The molecule has 0 aromatic heterocycles. The van der Waals surface area contributed by atoms with Crippen LogP contribution in [0.1, 0.15) is 131 Å². The van der Waals surface area contributed by atoms with Crippen molar-refractivity contribution in [3.8, 4) is 0 Å². The third-order valence-electron chi connectivity index (χ3n) is 17.2. The number of fused-ring (bicyclic) bond motifs is 2. The van der Waals surface area contributed by atoms with Crippen LogP contribution in [-0.2, 0) is 23.9 Å². The van der Waals surface area contributed by atoms with Gasteiger partial charge in [0.05, 0.1) is 18.6 Å². The van der Waals surface area contributed by atoms with Crippen molar-refractivity contribution in [1.29, 1.82) is 0 Å². The molecule has 1 aliphatic heterocycles. The summed E-state index contributed by atoms with van der Waals surface area (Å²) in [6.45, 7) is 12.3. The topological polar surface area (TPSA) is 145 Å². The zero-order valence-corrected chi connectivity index (χ0v) is 40.4. The van der Waals surface area contributed by atoms with Crippen LogP contribution in [0.2, 0.25) is 0 Å². The van der Waals surface area contributed by atoms with Gasteiger partial charge in [-0.2, -0.15) is 5.06 Å². The van der Waals surface area contributed by atoms with E-state index in [4.69, 9.17) is 14.3 Å². The molecule has 13 nitrogen and oxygen atoms in total. The number of likely N-dealkylation sites (N-methyl/N-ethyl adjacent to an activating group) is 1. The number of hydrogen-bond donors (Lipinski definition) is 4. The summed E-state index contributed by atoms with van der Waals surface area (Å²) >= 11 is 0. The van der Waals surface area contributed by atoms with Crippen molar-refractivity contribution in [1.82, 2.24) is 30.8 Å². The number of nitrogens with one attached hydrogen (secondary N) is 3. The van der Waals surface area contributed by atoms with Gasteiger partial charge < -0.3 is 40.3 Å². The highest BCUT2D eigenvalue weighted by Gasteiger charge is 2.58. The molecule has 0 aromatic rings. The SMILES string of the molecule is CCCNC(=O)O[C@@H](C)[C@H]1[C@H](CO)ON(CC2CCCC(C3CC(C(=O)N[C@@H](CC4CCCCC4)CN(C)C)CC(N(C)C)C3)C2OC)[C@@H]1C(=O)N[C@H]1C[C@H]2C[C@@H]([C@@H]1C)C2(C)C. The van der Waals surface area contributed by atoms with Crippen LogP contribution in [0, 0.1) is 58.7 Å². The highest BCUT2D eigenvalue weighted by Crippen LogP contribution is 2.61. The first kappa shape index (κ1) is 49.4. The normalized spacial score (nSPS) is 37.3. The van der Waals surface area contributed by atoms with Gasteiger partial charge >= 0.3 is 6.09 Å². The van der Waals surface area contributed by atoms with E-state index < -0.39 is 30.3 Å². The molecule has 6 unspecified atom stereocenters. The smallest absolute Gasteiger partial charge is 0.407 e. The molecule has 356 valence electrons. The Labute approximate surface area is 375 Å². The third kappa shape index (κ3) is 11.5. The average molecular weight is 873 g/mol. The predicted octanol–water partition coefficient (Wildman–Crippen LogP) is 6.09. The summed E-state index contributed by atoms with van der Waals surface area (Å²) in [6.07, 6.45) is 14.1.